The van der Waals surface area contributed by atoms with E-state index in [1.54, 1.807) is 0 Å². The second kappa shape index (κ2) is 13.9. The molecule has 0 fully saturated rings. The minimum Gasteiger partial charge on any atom is -0.311 e. The highest BCUT2D eigenvalue weighted by atomic mass is 15.1. The lowest BCUT2D eigenvalue weighted by molar-refractivity contribution is 1.28. The van der Waals surface area contributed by atoms with E-state index in [2.05, 4.69) is 217 Å². The highest BCUT2D eigenvalue weighted by molar-refractivity contribution is 6.25. The molecule has 0 aliphatic heterocycles. The molecular formula is C52H35N3. The molecule has 0 bridgehead atoms. The van der Waals surface area contributed by atoms with Crippen LogP contribution < -0.4 is 4.90 Å². The highest BCUT2D eigenvalue weighted by Gasteiger charge is 2.18. The van der Waals surface area contributed by atoms with Gasteiger partial charge in [-0.15, -0.1) is 0 Å². The Labute approximate surface area is 320 Å². The van der Waals surface area contributed by atoms with Gasteiger partial charge in [-0.3, -0.25) is 0 Å². The van der Waals surface area contributed by atoms with E-state index in [-0.39, 0.29) is 0 Å². The summed E-state index contributed by atoms with van der Waals surface area (Å²) in [7, 11) is 0. The fraction of sp³-hybridized carbons (Fsp3) is 0. The smallest absolute Gasteiger partial charge is 0.0788 e. The lowest BCUT2D eigenvalue weighted by atomic mass is 9.90. The Morgan fingerprint density at radius 1 is 0.327 bits per heavy atom. The number of anilines is 3. The average Bonchev–Trinajstić information content (AvgIpc) is 3.27. The maximum absolute atomic E-state index is 5.36. The molecular weight excluding hydrogens is 667 g/mol. The topological polar surface area (TPSA) is 29.0 Å². The van der Waals surface area contributed by atoms with Gasteiger partial charge in [0.05, 0.1) is 22.6 Å². The number of rotatable bonds is 7. The Hall–Kier alpha value is -7.36. The first kappa shape index (κ1) is 32.3. The Balaban J connectivity index is 1.19. The SMILES string of the molecule is c1ccc(-c2cc(-c3cccc4ccc5c(-c6ccc(N(c7ccccc7)c7ccccc7)cc6)nc6ccccc6c5c34)cc(-c3ccccc3)n2)cc1. The second-order valence-electron chi connectivity index (χ2n) is 13.8. The number of aromatic nitrogens is 2. The number of para-hydroxylation sites is 3. The summed E-state index contributed by atoms with van der Waals surface area (Å²) in [5, 5.41) is 5.85. The van der Waals surface area contributed by atoms with Crippen LogP contribution in [0.15, 0.2) is 212 Å². The summed E-state index contributed by atoms with van der Waals surface area (Å²) in [6.07, 6.45) is 0. The van der Waals surface area contributed by atoms with E-state index >= 15 is 0 Å². The predicted molar refractivity (Wildman–Crippen MR) is 231 cm³/mol. The van der Waals surface area contributed by atoms with Crippen LogP contribution in [0.3, 0.4) is 0 Å². The number of fused-ring (bicyclic) bond motifs is 5. The summed E-state index contributed by atoms with van der Waals surface area (Å²) in [4.78, 5) is 12.8. The van der Waals surface area contributed by atoms with Gasteiger partial charge in [-0.2, -0.15) is 0 Å². The third-order valence-corrected chi connectivity index (χ3v) is 10.4. The molecule has 0 spiro atoms. The number of nitrogens with zero attached hydrogens (tertiary/aromatic N) is 3. The number of hydrogen-bond acceptors (Lipinski definition) is 3. The summed E-state index contributed by atoms with van der Waals surface area (Å²) in [5.41, 5.74) is 12.7. The molecule has 0 N–H and O–H groups in total. The predicted octanol–water partition coefficient (Wildman–Crippen LogP) is 14.1. The van der Waals surface area contributed by atoms with Crippen molar-refractivity contribution < 1.29 is 0 Å². The first-order chi connectivity index (χ1) is 27.3. The monoisotopic (exact) mass is 701 g/mol. The molecule has 0 amide bonds. The molecule has 2 aromatic heterocycles. The number of benzene rings is 8. The summed E-state index contributed by atoms with van der Waals surface area (Å²) in [6.45, 7) is 0. The van der Waals surface area contributed by atoms with Gasteiger partial charge in [-0.25, -0.2) is 9.97 Å². The van der Waals surface area contributed by atoms with Crippen molar-refractivity contribution >= 4 is 49.5 Å². The van der Waals surface area contributed by atoms with Crippen molar-refractivity contribution in [1.82, 2.24) is 9.97 Å². The first-order valence-electron chi connectivity index (χ1n) is 18.7. The third kappa shape index (κ3) is 5.98. The molecule has 0 atom stereocenters. The maximum Gasteiger partial charge on any atom is 0.0788 e. The normalized spacial score (nSPS) is 11.3. The van der Waals surface area contributed by atoms with Crippen LogP contribution in [0, 0.1) is 0 Å². The standard InChI is InChI=1S/C52H35N3/c1-5-16-36(17-6-1)48-34-40(35-49(53-48)37-18-7-2-8-19-37)44-26-15-20-38-30-33-46-51(50(38)44)45-25-13-14-27-47(45)54-52(46)39-28-31-43(32-29-39)55(41-21-9-3-10-22-41)42-23-11-4-12-24-42/h1-35H. The van der Waals surface area contributed by atoms with Crippen LogP contribution >= 0.6 is 0 Å². The van der Waals surface area contributed by atoms with Gasteiger partial charge in [-0.1, -0.05) is 158 Å². The lowest BCUT2D eigenvalue weighted by Crippen LogP contribution is -2.09. The quantitative estimate of drug-likeness (QED) is 0.155. The first-order valence-corrected chi connectivity index (χ1v) is 18.7. The lowest BCUT2D eigenvalue weighted by Gasteiger charge is -2.25. The molecule has 55 heavy (non-hydrogen) atoms. The summed E-state index contributed by atoms with van der Waals surface area (Å²) >= 11 is 0. The van der Waals surface area contributed by atoms with Crippen molar-refractivity contribution in [2.75, 3.05) is 4.90 Å². The molecule has 258 valence electrons. The Kier molecular flexibility index (Phi) is 8.16. The Morgan fingerprint density at radius 2 is 0.873 bits per heavy atom. The van der Waals surface area contributed by atoms with E-state index in [1.165, 1.54) is 21.7 Å². The summed E-state index contributed by atoms with van der Waals surface area (Å²) in [6, 6.07) is 75.0. The van der Waals surface area contributed by atoms with E-state index in [4.69, 9.17) is 9.97 Å². The van der Waals surface area contributed by atoms with Crippen molar-refractivity contribution in [2.24, 2.45) is 0 Å². The van der Waals surface area contributed by atoms with Gasteiger partial charge in [0.2, 0.25) is 0 Å². The number of hydrogen-bond donors (Lipinski definition) is 0. The molecule has 10 aromatic rings. The van der Waals surface area contributed by atoms with Gasteiger partial charge in [0.25, 0.3) is 0 Å². The van der Waals surface area contributed by atoms with Crippen molar-refractivity contribution in [2.45, 2.75) is 0 Å². The van der Waals surface area contributed by atoms with Gasteiger partial charge < -0.3 is 4.90 Å². The molecule has 2 heterocycles. The summed E-state index contributed by atoms with van der Waals surface area (Å²) in [5.74, 6) is 0. The molecule has 0 saturated carbocycles. The maximum atomic E-state index is 5.36. The molecule has 3 nitrogen and oxygen atoms in total. The van der Waals surface area contributed by atoms with Crippen LogP contribution in [0.1, 0.15) is 0 Å². The molecule has 0 unspecified atom stereocenters. The van der Waals surface area contributed by atoms with Crippen molar-refractivity contribution in [3.63, 3.8) is 0 Å². The zero-order chi connectivity index (χ0) is 36.6. The molecule has 0 saturated heterocycles. The molecule has 0 radical (unpaired) electrons. The van der Waals surface area contributed by atoms with Crippen LogP contribution in [-0.4, -0.2) is 9.97 Å². The van der Waals surface area contributed by atoms with Crippen LogP contribution in [0.5, 0.6) is 0 Å². The third-order valence-electron chi connectivity index (χ3n) is 10.4. The van der Waals surface area contributed by atoms with Crippen LogP contribution in [0.4, 0.5) is 17.1 Å². The van der Waals surface area contributed by atoms with Crippen molar-refractivity contribution in [1.29, 1.82) is 0 Å². The van der Waals surface area contributed by atoms with E-state index < -0.39 is 0 Å². The average molecular weight is 702 g/mol. The zero-order valence-corrected chi connectivity index (χ0v) is 30.0. The minimum absolute atomic E-state index is 0.946. The zero-order valence-electron chi connectivity index (χ0n) is 30.0. The molecule has 0 aliphatic carbocycles. The fourth-order valence-electron chi connectivity index (χ4n) is 7.85. The molecule has 8 aromatic carbocycles. The second-order valence-corrected chi connectivity index (χ2v) is 13.8. The van der Waals surface area contributed by atoms with Gasteiger partial charge in [-0.05, 0) is 76.5 Å². The van der Waals surface area contributed by atoms with Crippen LogP contribution in [0.2, 0.25) is 0 Å². The van der Waals surface area contributed by atoms with Gasteiger partial charge in [0.1, 0.15) is 0 Å². The van der Waals surface area contributed by atoms with Gasteiger partial charge in [0, 0.05) is 49.9 Å². The van der Waals surface area contributed by atoms with E-state index in [0.29, 0.717) is 0 Å². The molecule has 3 heteroatoms. The number of pyridine rings is 2. The minimum atomic E-state index is 0.946. The van der Waals surface area contributed by atoms with E-state index in [0.717, 1.165) is 72.7 Å². The van der Waals surface area contributed by atoms with Gasteiger partial charge in [0.15, 0.2) is 0 Å². The van der Waals surface area contributed by atoms with Gasteiger partial charge >= 0.3 is 0 Å². The van der Waals surface area contributed by atoms with Crippen LogP contribution in [0.25, 0.3) is 77.3 Å². The Bertz CT molecular complexity index is 2850. The van der Waals surface area contributed by atoms with E-state index in [1.807, 2.05) is 0 Å². The molecule has 10 rings (SSSR count). The highest BCUT2D eigenvalue weighted by Crippen LogP contribution is 2.43. The Morgan fingerprint density at radius 3 is 1.49 bits per heavy atom. The van der Waals surface area contributed by atoms with Crippen LogP contribution in [-0.2, 0) is 0 Å². The summed E-state index contributed by atoms with van der Waals surface area (Å²) < 4.78 is 0. The fourth-order valence-corrected chi connectivity index (χ4v) is 7.85. The van der Waals surface area contributed by atoms with E-state index in [9.17, 15) is 0 Å². The van der Waals surface area contributed by atoms with Crippen molar-refractivity contribution in [3.05, 3.63) is 212 Å². The molecule has 0 aliphatic rings. The largest absolute Gasteiger partial charge is 0.311 e. The van der Waals surface area contributed by atoms with Crippen molar-refractivity contribution in [3.8, 4) is 44.9 Å².